The fourth-order valence-electron chi connectivity index (χ4n) is 3.16. The number of thiazole rings is 1. The molecule has 132 valence electrons. The zero-order valence-corrected chi connectivity index (χ0v) is 14.1. The van der Waals surface area contributed by atoms with E-state index in [2.05, 4.69) is 4.98 Å². The average Bonchev–Trinajstić information content (AvgIpc) is 3.07. The zero-order chi connectivity index (χ0) is 18.3. The molecule has 1 amide bonds. The molecule has 1 aliphatic rings. The van der Waals surface area contributed by atoms with Crippen LogP contribution in [-0.4, -0.2) is 38.7 Å². The third-order valence-corrected chi connectivity index (χ3v) is 5.16. The van der Waals surface area contributed by atoms with Crippen molar-refractivity contribution >= 4 is 33.3 Å². The molecule has 4 rings (SSSR count). The maximum absolute atomic E-state index is 11.5. The van der Waals surface area contributed by atoms with Gasteiger partial charge in [0.05, 0.1) is 27.2 Å². The van der Waals surface area contributed by atoms with E-state index < -0.39 is 23.2 Å². The highest BCUT2D eigenvalue weighted by molar-refractivity contribution is 7.16. The Morgan fingerprint density at radius 1 is 1.31 bits per heavy atom. The van der Waals surface area contributed by atoms with Crippen molar-refractivity contribution in [3.8, 4) is 5.75 Å². The van der Waals surface area contributed by atoms with E-state index in [1.807, 2.05) is 12.1 Å². The van der Waals surface area contributed by atoms with Crippen LogP contribution in [0.2, 0.25) is 0 Å². The van der Waals surface area contributed by atoms with Crippen LogP contribution in [0.3, 0.4) is 0 Å². The van der Waals surface area contributed by atoms with Crippen molar-refractivity contribution < 1.29 is 19.6 Å². The highest BCUT2D eigenvalue weighted by Crippen LogP contribution is 2.41. The molecule has 2 heterocycles. The fourth-order valence-corrected chi connectivity index (χ4v) is 3.85. The number of benzene rings is 2. The number of nitrogens with zero attached hydrogens (tertiary/aromatic N) is 3. The van der Waals surface area contributed by atoms with Gasteiger partial charge in [0, 0.05) is 6.07 Å². The van der Waals surface area contributed by atoms with Gasteiger partial charge >= 0.3 is 6.09 Å². The summed E-state index contributed by atoms with van der Waals surface area (Å²) in [7, 11) is 0. The topological polar surface area (TPSA) is 106 Å². The van der Waals surface area contributed by atoms with Crippen molar-refractivity contribution in [3.05, 3.63) is 63.7 Å². The first-order chi connectivity index (χ1) is 12.6. The van der Waals surface area contributed by atoms with Crippen LogP contribution in [0.1, 0.15) is 11.6 Å². The Morgan fingerprint density at radius 2 is 2.12 bits per heavy atom. The molecule has 0 bridgehead atoms. The van der Waals surface area contributed by atoms with Gasteiger partial charge in [0.2, 0.25) is 0 Å². The van der Waals surface area contributed by atoms with Crippen LogP contribution in [0, 0.1) is 10.1 Å². The lowest BCUT2D eigenvalue weighted by Crippen LogP contribution is -2.58. The number of nitro benzene ring substituents is 1. The second kappa shape index (κ2) is 6.26. The van der Waals surface area contributed by atoms with E-state index in [1.165, 1.54) is 17.4 Å². The molecule has 1 aliphatic heterocycles. The number of amides is 1. The number of likely N-dealkylation sites (tertiary alicyclic amines) is 1. The van der Waals surface area contributed by atoms with Crippen molar-refractivity contribution in [1.29, 1.82) is 0 Å². The maximum Gasteiger partial charge on any atom is 0.408 e. The van der Waals surface area contributed by atoms with E-state index in [0.717, 1.165) is 9.60 Å². The van der Waals surface area contributed by atoms with Gasteiger partial charge in [-0.05, 0) is 18.2 Å². The Balaban J connectivity index is 1.70. The summed E-state index contributed by atoms with van der Waals surface area (Å²) >= 11 is 1.48. The van der Waals surface area contributed by atoms with Crippen LogP contribution < -0.4 is 4.74 Å². The summed E-state index contributed by atoms with van der Waals surface area (Å²) in [6.45, 7) is 0.132. The van der Waals surface area contributed by atoms with Crippen molar-refractivity contribution in [2.75, 3.05) is 6.54 Å². The molecule has 1 saturated heterocycles. The predicted molar refractivity (Wildman–Crippen MR) is 94.6 cm³/mol. The molecule has 0 spiro atoms. The Morgan fingerprint density at radius 3 is 2.88 bits per heavy atom. The molecule has 0 aliphatic carbocycles. The number of hydrogen-bond donors (Lipinski definition) is 1. The SMILES string of the molecule is O=C(O)N1CC(Oc2cccc3scnc23)C1c1ccccc1[N+](=O)[O-]. The summed E-state index contributed by atoms with van der Waals surface area (Å²) in [5.74, 6) is 0.544. The smallest absolute Gasteiger partial charge is 0.408 e. The minimum absolute atomic E-state index is 0.121. The third kappa shape index (κ3) is 2.62. The van der Waals surface area contributed by atoms with E-state index in [9.17, 15) is 20.0 Å². The fraction of sp³-hybridized carbons (Fsp3) is 0.176. The van der Waals surface area contributed by atoms with Gasteiger partial charge in [-0.1, -0.05) is 18.2 Å². The van der Waals surface area contributed by atoms with Gasteiger partial charge in [-0.2, -0.15) is 0 Å². The first kappa shape index (κ1) is 16.3. The van der Waals surface area contributed by atoms with Crippen LogP contribution in [0.5, 0.6) is 5.75 Å². The number of aromatic nitrogens is 1. The molecule has 1 N–H and O–H groups in total. The molecule has 2 unspecified atom stereocenters. The Bertz CT molecular complexity index is 1000. The van der Waals surface area contributed by atoms with Gasteiger partial charge in [0.15, 0.2) is 0 Å². The normalized spacial score (nSPS) is 19.2. The van der Waals surface area contributed by atoms with Crippen molar-refractivity contribution in [1.82, 2.24) is 9.88 Å². The number of fused-ring (bicyclic) bond motifs is 1. The van der Waals surface area contributed by atoms with Crippen LogP contribution in [0.4, 0.5) is 10.5 Å². The lowest BCUT2D eigenvalue weighted by molar-refractivity contribution is -0.386. The molecule has 9 heteroatoms. The molecule has 2 atom stereocenters. The molecule has 2 aromatic carbocycles. The van der Waals surface area contributed by atoms with E-state index in [1.54, 1.807) is 29.8 Å². The van der Waals surface area contributed by atoms with Crippen LogP contribution >= 0.6 is 11.3 Å². The van der Waals surface area contributed by atoms with Gasteiger partial charge in [-0.3, -0.25) is 15.0 Å². The molecule has 8 nitrogen and oxygen atoms in total. The minimum atomic E-state index is -1.14. The third-order valence-electron chi connectivity index (χ3n) is 4.36. The summed E-state index contributed by atoms with van der Waals surface area (Å²) in [6, 6.07) is 10.9. The molecular weight excluding hydrogens is 358 g/mol. The molecule has 26 heavy (non-hydrogen) atoms. The van der Waals surface area contributed by atoms with E-state index in [0.29, 0.717) is 16.8 Å². The van der Waals surface area contributed by atoms with Crippen LogP contribution in [0.25, 0.3) is 10.2 Å². The first-order valence-electron chi connectivity index (χ1n) is 7.78. The lowest BCUT2D eigenvalue weighted by atomic mass is 9.90. The number of carbonyl (C=O) groups is 1. The molecule has 3 aromatic rings. The number of hydrogen-bond acceptors (Lipinski definition) is 6. The number of rotatable bonds is 4. The molecule has 0 radical (unpaired) electrons. The highest BCUT2D eigenvalue weighted by atomic mass is 32.1. The number of carboxylic acid groups (broad SMARTS) is 1. The van der Waals surface area contributed by atoms with E-state index in [-0.39, 0.29) is 12.2 Å². The second-order valence-corrected chi connectivity index (χ2v) is 6.69. The van der Waals surface area contributed by atoms with Crippen molar-refractivity contribution in [2.24, 2.45) is 0 Å². The zero-order valence-electron chi connectivity index (χ0n) is 13.3. The highest BCUT2D eigenvalue weighted by Gasteiger charge is 2.47. The maximum atomic E-state index is 11.5. The van der Waals surface area contributed by atoms with Gasteiger partial charge in [0.25, 0.3) is 5.69 Å². The standard InChI is InChI=1S/C17H13N3O5S/c21-17(22)19-8-13(16(19)10-4-1-2-5-11(10)20(23)24)25-12-6-3-7-14-15(12)18-9-26-14/h1-7,9,13,16H,8H2,(H,21,22). The Labute approximate surface area is 151 Å². The lowest BCUT2D eigenvalue weighted by Gasteiger charge is -2.45. The summed E-state index contributed by atoms with van der Waals surface area (Å²) in [5.41, 5.74) is 2.61. The average molecular weight is 371 g/mol. The predicted octanol–water partition coefficient (Wildman–Crippen LogP) is 3.69. The van der Waals surface area contributed by atoms with Gasteiger partial charge in [-0.15, -0.1) is 11.3 Å². The van der Waals surface area contributed by atoms with Crippen LogP contribution in [0.15, 0.2) is 48.0 Å². The van der Waals surface area contributed by atoms with Gasteiger partial charge in [0.1, 0.15) is 23.4 Å². The number of ether oxygens (including phenoxy) is 1. The Kier molecular flexibility index (Phi) is 3.92. The minimum Gasteiger partial charge on any atom is -0.484 e. The number of para-hydroxylation sites is 2. The van der Waals surface area contributed by atoms with Crippen LogP contribution in [-0.2, 0) is 0 Å². The second-order valence-electron chi connectivity index (χ2n) is 5.81. The monoisotopic (exact) mass is 371 g/mol. The van der Waals surface area contributed by atoms with Crippen molar-refractivity contribution in [2.45, 2.75) is 12.1 Å². The first-order valence-corrected chi connectivity index (χ1v) is 8.66. The van der Waals surface area contributed by atoms with E-state index in [4.69, 9.17) is 4.74 Å². The quantitative estimate of drug-likeness (QED) is 0.554. The van der Waals surface area contributed by atoms with E-state index >= 15 is 0 Å². The molecular formula is C17H13N3O5S. The number of nitro groups is 1. The summed E-state index contributed by atoms with van der Waals surface area (Å²) < 4.78 is 6.98. The summed E-state index contributed by atoms with van der Waals surface area (Å²) in [6.07, 6.45) is -1.67. The summed E-state index contributed by atoms with van der Waals surface area (Å²) in [5, 5.41) is 20.7. The molecule has 1 fully saturated rings. The Hall–Kier alpha value is -3.20. The summed E-state index contributed by atoms with van der Waals surface area (Å²) in [4.78, 5) is 27.8. The molecule has 0 saturated carbocycles. The van der Waals surface area contributed by atoms with Crippen molar-refractivity contribution in [3.63, 3.8) is 0 Å². The largest absolute Gasteiger partial charge is 0.484 e. The van der Waals surface area contributed by atoms with Gasteiger partial charge < -0.3 is 9.84 Å². The molecule has 1 aromatic heterocycles. The van der Waals surface area contributed by atoms with Gasteiger partial charge in [-0.25, -0.2) is 9.78 Å².